The molecule has 2 heterocycles. The molecule has 2 aromatic carbocycles. The van der Waals surface area contributed by atoms with Crippen molar-refractivity contribution in [1.82, 2.24) is 36.4 Å². The minimum absolute atomic E-state index is 0.0258. The van der Waals surface area contributed by atoms with Crippen molar-refractivity contribution in [1.29, 1.82) is 0 Å². The fraction of sp³-hybridized carbons (Fsp3) is 0.581. The maximum atomic E-state index is 14.6. The van der Waals surface area contributed by atoms with Crippen LogP contribution in [0.4, 0.5) is 0 Å². The van der Waals surface area contributed by atoms with Crippen LogP contribution in [-0.4, -0.2) is 103 Å². The Bertz CT molecular complexity index is 1850. The Morgan fingerprint density at radius 1 is 0.772 bits per heavy atom. The van der Waals surface area contributed by atoms with Crippen molar-refractivity contribution in [3.63, 3.8) is 0 Å². The molecule has 5 rings (SSSR count). The molecule has 14 nitrogen and oxygen atoms in total. The van der Waals surface area contributed by atoms with Gasteiger partial charge in [0.05, 0.1) is 19.1 Å². The Hall–Kier alpha value is -4.82. The Labute approximate surface area is 336 Å². The van der Waals surface area contributed by atoms with Crippen molar-refractivity contribution in [2.75, 3.05) is 33.7 Å². The summed E-state index contributed by atoms with van der Waals surface area (Å²) in [6.45, 7) is 11.6. The van der Waals surface area contributed by atoms with Crippen molar-refractivity contribution >= 4 is 35.4 Å². The molecule has 6 amide bonds. The lowest BCUT2D eigenvalue weighted by Gasteiger charge is -2.40. The Balaban J connectivity index is 1.47. The molecule has 2 aliphatic heterocycles. The summed E-state index contributed by atoms with van der Waals surface area (Å²) >= 11 is 0. The summed E-state index contributed by atoms with van der Waals surface area (Å²) in [4.78, 5) is 84.7. The van der Waals surface area contributed by atoms with Gasteiger partial charge in [-0.2, -0.15) is 0 Å². The Morgan fingerprint density at radius 2 is 1.37 bits per heavy atom. The van der Waals surface area contributed by atoms with Crippen LogP contribution in [0.2, 0.25) is 0 Å². The molecule has 0 bridgehead atoms. The predicted molar refractivity (Wildman–Crippen MR) is 217 cm³/mol. The first-order valence-electron chi connectivity index (χ1n) is 20.1. The van der Waals surface area contributed by atoms with E-state index in [1.54, 1.807) is 19.0 Å². The molecule has 3 unspecified atom stereocenters. The van der Waals surface area contributed by atoms with Gasteiger partial charge in [0.25, 0.3) is 0 Å². The van der Waals surface area contributed by atoms with Gasteiger partial charge in [-0.1, -0.05) is 84.0 Å². The highest BCUT2D eigenvalue weighted by Crippen LogP contribution is 2.38. The highest BCUT2D eigenvalue weighted by atomic mass is 16.2. The van der Waals surface area contributed by atoms with Gasteiger partial charge in [-0.3, -0.25) is 28.8 Å². The Morgan fingerprint density at radius 3 is 1.95 bits per heavy atom. The van der Waals surface area contributed by atoms with E-state index in [2.05, 4.69) is 38.7 Å². The van der Waals surface area contributed by atoms with Crippen molar-refractivity contribution in [2.24, 2.45) is 16.6 Å². The highest BCUT2D eigenvalue weighted by molar-refractivity contribution is 5.94. The maximum Gasteiger partial charge on any atom is 0.246 e. The van der Waals surface area contributed by atoms with E-state index >= 15 is 0 Å². The lowest BCUT2D eigenvalue weighted by Crippen LogP contribution is -2.60. The summed E-state index contributed by atoms with van der Waals surface area (Å²) in [6, 6.07) is 10.3. The molecule has 6 atom stereocenters. The molecule has 310 valence electrons. The quantitative estimate of drug-likeness (QED) is 0.188. The molecule has 1 fully saturated rings. The highest BCUT2D eigenvalue weighted by Gasteiger charge is 2.46. The first kappa shape index (κ1) is 43.3. The molecule has 7 N–H and O–H groups in total. The number of rotatable bonds is 12. The summed E-state index contributed by atoms with van der Waals surface area (Å²) in [5.41, 5.74) is 9.44. The molecule has 0 spiro atoms. The molecule has 14 heteroatoms. The normalized spacial score (nSPS) is 21.8. The van der Waals surface area contributed by atoms with Crippen molar-refractivity contribution < 1.29 is 28.8 Å². The third kappa shape index (κ3) is 10.0. The Kier molecular flexibility index (Phi) is 13.5. The summed E-state index contributed by atoms with van der Waals surface area (Å²) in [7, 11) is 3.31. The zero-order chi connectivity index (χ0) is 41.8. The molecular formula is C43H62N8O6. The summed E-state index contributed by atoms with van der Waals surface area (Å²) in [6.07, 6.45) is 3.23. The smallest absolute Gasteiger partial charge is 0.246 e. The molecule has 57 heavy (non-hydrogen) atoms. The van der Waals surface area contributed by atoms with E-state index in [-0.39, 0.29) is 68.2 Å². The van der Waals surface area contributed by atoms with Gasteiger partial charge in [0.2, 0.25) is 35.4 Å². The van der Waals surface area contributed by atoms with E-state index < -0.39 is 46.8 Å². The van der Waals surface area contributed by atoms with Gasteiger partial charge >= 0.3 is 0 Å². The topological polar surface area (TPSA) is 195 Å². The molecule has 2 aromatic rings. The van der Waals surface area contributed by atoms with Crippen LogP contribution >= 0.6 is 0 Å². The van der Waals surface area contributed by atoms with E-state index in [9.17, 15) is 28.8 Å². The van der Waals surface area contributed by atoms with E-state index in [1.165, 1.54) is 10.5 Å². The minimum Gasteiger partial charge on any atom is -0.368 e. The number of hydrogen-bond donors (Lipinski definition) is 6. The van der Waals surface area contributed by atoms with E-state index in [0.717, 1.165) is 41.5 Å². The van der Waals surface area contributed by atoms with Gasteiger partial charge in [0.1, 0.15) is 24.2 Å². The number of amides is 6. The van der Waals surface area contributed by atoms with Gasteiger partial charge < -0.3 is 42.1 Å². The van der Waals surface area contributed by atoms with Crippen LogP contribution in [0.15, 0.2) is 42.5 Å². The zero-order valence-electron chi connectivity index (χ0n) is 34.8. The van der Waals surface area contributed by atoms with E-state index in [4.69, 9.17) is 5.73 Å². The fourth-order valence-electron chi connectivity index (χ4n) is 8.46. The van der Waals surface area contributed by atoms with E-state index in [1.807, 2.05) is 71.9 Å². The third-order valence-electron chi connectivity index (χ3n) is 11.5. The first-order chi connectivity index (χ1) is 26.8. The third-order valence-corrected chi connectivity index (χ3v) is 11.5. The zero-order valence-corrected chi connectivity index (χ0v) is 34.8. The van der Waals surface area contributed by atoms with Gasteiger partial charge in [-0.05, 0) is 78.4 Å². The number of nitrogens with one attached hydrogen (secondary N) is 5. The minimum atomic E-state index is -0.918. The number of hydrogen-bond acceptors (Lipinski definition) is 8. The molecule has 3 aliphatic rings. The average Bonchev–Trinajstić information content (AvgIpc) is 3.60. The number of aryl methyl sites for hydroxylation is 1. The van der Waals surface area contributed by atoms with Gasteiger partial charge in [0, 0.05) is 25.4 Å². The largest absolute Gasteiger partial charge is 0.368 e. The lowest BCUT2D eigenvalue weighted by atomic mass is 9.83. The number of carbonyl (C=O) groups is 6. The number of benzene rings is 2. The number of nitrogens with two attached hydrogens (primary N) is 1. The molecule has 0 aromatic heterocycles. The second kappa shape index (κ2) is 17.8. The second-order valence-corrected chi connectivity index (χ2v) is 18.0. The van der Waals surface area contributed by atoms with Crippen molar-refractivity contribution in [3.05, 3.63) is 70.3 Å². The SMILES string of the molecule is CNCC(=O)NC(C(=O)N1Cc2cc(C3C[C@@H](C(=O)N[C@@H]4CCCc5ccccc54)N(C(=O)[C@@H](NC(=O)CNC)C(C)(C)C)C3)ccc2CC1C(N)=O)C(C)(C)C. The average molecular weight is 787 g/mol. The molecule has 0 saturated carbocycles. The molecule has 1 saturated heterocycles. The monoisotopic (exact) mass is 786 g/mol. The van der Waals surface area contributed by atoms with Gasteiger partial charge in [0.15, 0.2) is 0 Å². The van der Waals surface area contributed by atoms with Crippen LogP contribution in [0.1, 0.15) is 101 Å². The molecule has 1 aliphatic carbocycles. The number of fused-ring (bicyclic) bond motifs is 2. The first-order valence-corrected chi connectivity index (χ1v) is 20.1. The van der Waals surface area contributed by atoms with Gasteiger partial charge in [-0.15, -0.1) is 0 Å². The summed E-state index contributed by atoms with van der Waals surface area (Å²) in [5, 5.41) is 14.7. The van der Waals surface area contributed by atoms with Crippen molar-refractivity contribution in [2.45, 2.75) is 116 Å². The second-order valence-electron chi connectivity index (χ2n) is 18.0. The van der Waals surface area contributed by atoms with Crippen molar-refractivity contribution in [3.8, 4) is 0 Å². The summed E-state index contributed by atoms with van der Waals surface area (Å²) in [5.74, 6) is -2.52. The fourth-order valence-corrected chi connectivity index (χ4v) is 8.46. The maximum absolute atomic E-state index is 14.6. The number of likely N-dealkylation sites (N-methyl/N-ethyl adjacent to an activating group) is 2. The van der Waals surface area contributed by atoms with E-state index in [0.29, 0.717) is 6.42 Å². The van der Waals surface area contributed by atoms with Crippen LogP contribution < -0.4 is 32.3 Å². The molecule has 0 radical (unpaired) electrons. The van der Waals surface area contributed by atoms with Crippen LogP contribution in [0.3, 0.4) is 0 Å². The molecular weight excluding hydrogens is 725 g/mol. The summed E-state index contributed by atoms with van der Waals surface area (Å²) < 4.78 is 0. The predicted octanol–water partition coefficient (Wildman–Crippen LogP) is 1.80. The number of likely N-dealkylation sites (tertiary alicyclic amines) is 1. The lowest BCUT2D eigenvalue weighted by molar-refractivity contribution is -0.146. The number of carbonyl (C=O) groups excluding carboxylic acids is 6. The van der Waals surface area contributed by atoms with Crippen LogP contribution in [0, 0.1) is 10.8 Å². The number of primary amides is 1. The number of nitrogens with zero attached hydrogens (tertiary/aromatic N) is 2. The standard InChI is InChI=1S/C43H62N8O6/c1-42(2,3)36(48-34(52)21-45-7)40(56)50-23-28-18-26(16-17-27(28)19-32(50)38(44)54)29-20-33(39(55)47-31-15-11-13-25-12-9-10-14-30(25)31)51(24-29)41(57)37(43(4,5)6)49-35(53)22-46-8/h9-10,12,14,16-18,29,31-33,36-37,45-46H,11,13,15,19-24H2,1-8H3,(H2,44,54)(H,47,55)(H,48,52)(H,49,53)/t29?,31-,32?,33+,36?,37-/m1/s1. The van der Waals surface area contributed by atoms with Gasteiger partial charge in [-0.25, -0.2) is 0 Å². The van der Waals surface area contributed by atoms with Crippen LogP contribution in [0.25, 0.3) is 0 Å². The van der Waals surface area contributed by atoms with Crippen LogP contribution in [-0.2, 0) is 48.2 Å². The van der Waals surface area contributed by atoms with Crippen LogP contribution in [0.5, 0.6) is 0 Å².